The Labute approximate surface area is 76.5 Å². The second-order valence-electron chi connectivity index (χ2n) is 2.45. The van der Waals surface area contributed by atoms with Crippen molar-refractivity contribution in [2.45, 2.75) is 0 Å². The number of halogens is 6. The minimum atomic E-state index is -6.02. The van der Waals surface area contributed by atoms with Crippen molar-refractivity contribution in [2.75, 3.05) is 14.1 Å². The Hall–Kier alpha value is 1.08. The van der Waals surface area contributed by atoms with Crippen LogP contribution in [0.1, 0.15) is 0 Å². The summed E-state index contributed by atoms with van der Waals surface area (Å²) in [7, 11) is 1.07. The molecule has 12 heavy (non-hydrogen) atoms. The van der Waals surface area contributed by atoms with Gasteiger partial charge in [-0.15, -0.1) is 0 Å². The van der Waals surface area contributed by atoms with Crippen LogP contribution in [0.25, 0.3) is 0 Å². The quantitative estimate of drug-likeness (QED) is 0.471. The van der Waals surface area contributed by atoms with Gasteiger partial charge in [0.05, 0.1) is 0 Å². The van der Waals surface area contributed by atoms with Crippen molar-refractivity contribution >= 4 is 36.2 Å². The summed E-state index contributed by atoms with van der Waals surface area (Å²) in [6.45, 7) is -12.0. The second-order valence-corrected chi connectivity index (χ2v) is 11.8. The molecule has 0 spiro atoms. The molecule has 0 amide bonds. The minimum absolute atomic E-state index is 0.458. The first-order chi connectivity index (χ1) is 4.87. The summed E-state index contributed by atoms with van der Waals surface area (Å²) in [6, 6.07) is 0. The van der Waals surface area contributed by atoms with Gasteiger partial charge in [-0.05, 0) is 0 Å². The summed E-state index contributed by atoms with van der Waals surface area (Å²) < 4.78 is 51.0. The summed E-state index contributed by atoms with van der Waals surface area (Å²) in [6.07, 6.45) is 0. The van der Waals surface area contributed by atoms with Gasteiger partial charge in [0.1, 0.15) is 0 Å². The first-order valence-electron chi connectivity index (χ1n) is 2.71. The Morgan fingerprint density at radius 3 is 1.08 bits per heavy atom. The van der Waals surface area contributed by atoms with Crippen molar-refractivity contribution in [1.82, 2.24) is 8.88 Å². The van der Waals surface area contributed by atoms with Crippen molar-refractivity contribution in [3.05, 3.63) is 0 Å². The number of nitrogens with zero attached hydrogens (tertiary/aromatic N) is 2. The Morgan fingerprint density at radius 2 is 1.00 bits per heavy atom. The van der Waals surface area contributed by atoms with Gasteiger partial charge in [-0.2, -0.15) is 0 Å². The number of hydrogen-bond donors (Lipinski definition) is 0. The molecule has 0 radical (unpaired) electrons. The van der Waals surface area contributed by atoms with Crippen LogP contribution in [0, 0.1) is 0 Å². The van der Waals surface area contributed by atoms with Crippen LogP contribution >= 0.6 is 36.2 Å². The van der Waals surface area contributed by atoms with E-state index in [2.05, 4.69) is 0 Å². The van der Waals surface area contributed by atoms with E-state index in [0.29, 0.717) is 14.1 Å². The van der Waals surface area contributed by atoms with Gasteiger partial charge in [-0.1, -0.05) is 0 Å². The fraction of sp³-hybridized carbons (Fsp3) is 1.00. The summed E-state index contributed by atoms with van der Waals surface area (Å²) in [5.41, 5.74) is 0. The zero-order valence-electron chi connectivity index (χ0n) is 6.06. The van der Waals surface area contributed by atoms with Gasteiger partial charge in [0.15, 0.2) is 0 Å². The van der Waals surface area contributed by atoms with Gasteiger partial charge < -0.3 is 0 Å². The molecule has 0 unspecified atom stereocenters. The van der Waals surface area contributed by atoms with Crippen LogP contribution in [0.3, 0.4) is 0 Å². The maximum absolute atomic E-state index is 13.0. The standard InChI is InChI=1S/C2H6Cl2F4N2P2/c1-9-11(3,5,6)10(2)12(9,4,7)8/h1-2H3. The van der Waals surface area contributed by atoms with Crippen LogP contribution in [0.2, 0.25) is 0 Å². The van der Waals surface area contributed by atoms with Crippen LogP contribution < -0.4 is 0 Å². The Kier molecular flexibility index (Phi) is 1.88. The van der Waals surface area contributed by atoms with E-state index in [-0.39, 0.29) is 0 Å². The fourth-order valence-corrected chi connectivity index (χ4v) is 10.8. The van der Waals surface area contributed by atoms with Crippen LogP contribution in [-0.2, 0) is 0 Å². The molecule has 1 fully saturated rings. The third kappa shape index (κ3) is 1.03. The molecule has 0 aromatic rings. The van der Waals surface area contributed by atoms with Crippen LogP contribution in [0.15, 0.2) is 0 Å². The van der Waals surface area contributed by atoms with Crippen molar-refractivity contribution in [2.24, 2.45) is 0 Å². The van der Waals surface area contributed by atoms with Crippen molar-refractivity contribution in [3.63, 3.8) is 0 Å². The van der Waals surface area contributed by atoms with E-state index in [1.54, 1.807) is 0 Å². The maximum atomic E-state index is 13.0. The predicted molar refractivity (Wildman–Crippen MR) is 45.5 cm³/mol. The second kappa shape index (κ2) is 2.02. The van der Waals surface area contributed by atoms with Gasteiger partial charge in [-0.3, -0.25) is 0 Å². The Morgan fingerprint density at radius 1 is 0.833 bits per heavy atom. The third-order valence-electron chi connectivity index (χ3n) is 1.83. The molecule has 1 rings (SSSR count). The zero-order valence-corrected chi connectivity index (χ0v) is 9.36. The normalized spacial score (nSPS) is 44.3. The van der Waals surface area contributed by atoms with Crippen molar-refractivity contribution in [3.8, 4) is 0 Å². The molecule has 0 N–H and O–H groups in total. The molecule has 0 aliphatic carbocycles. The van der Waals surface area contributed by atoms with Crippen LogP contribution in [0.4, 0.5) is 16.8 Å². The van der Waals surface area contributed by atoms with Crippen molar-refractivity contribution in [1.29, 1.82) is 0 Å². The molecule has 10 heteroatoms. The molecule has 2 nitrogen and oxygen atoms in total. The SMILES string of the molecule is CN1P(F)(F)(Cl)N(C)P1(F)(F)Cl. The molecular weight excluding hydrogens is 261 g/mol. The van der Waals surface area contributed by atoms with E-state index < -0.39 is 22.6 Å². The van der Waals surface area contributed by atoms with E-state index in [9.17, 15) is 16.8 Å². The average Bonchev–Trinajstić information content (AvgIpc) is 1.82. The molecule has 0 saturated carbocycles. The fourth-order valence-electron chi connectivity index (χ4n) is 0.790. The van der Waals surface area contributed by atoms with E-state index in [1.165, 1.54) is 0 Å². The zero-order chi connectivity index (χ0) is 10.0. The van der Waals surface area contributed by atoms with Gasteiger partial charge in [0, 0.05) is 0 Å². The Bertz CT molecular complexity index is 201. The first-order valence-corrected chi connectivity index (χ1v) is 8.37. The number of rotatable bonds is 0. The van der Waals surface area contributed by atoms with Crippen LogP contribution in [0.5, 0.6) is 0 Å². The average molecular weight is 267 g/mol. The molecule has 0 aromatic carbocycles. The topological polar surface area (TPSA) is 6.48 Å². The summed E-state index contributed by atoms with van der Waals surface area (Å²) >= 11 is 9.50. The molecule has 1 saturated heterocycles. The van der Waals surface area contributed by atoms with E-state index in [0.717, 1.165) is 0 Å². The molecule has 1 aliphatic heterocycles. The third-order valence-corrected chi connectivity index (χ3v) is 13.1. The van der Waals surface area contributed by atoms with Crippen molar-refractivity contribution < 1.29 is 16.8 Å². The Balaban J connectivity index is 3.16. The summed E-state index contributed by atoms with van der Waals surface area (Å²) in [4.78, 5) is 0. The molecule has 76 valence electrons. The van der Waals surface area contributed by atoms with Crippen LogP contribution in [-0.4, -0.2) is 23.0 Å². The predicted octanol–water partition coefficient (Wildman–Crippen LogP) is 4.48. The van der Waals surface area contributed by atoms with Gasteiger partial charge in [0.2, 0.25) is 0 Å². The first kappa shape index (κ1) is 11.2. The molecule has 1 heterocycles. The molecule has 0 atom stereocenters. The van der Waals surface area contributed by atoms with E-state index in [4.69, 9.17) is 22.5 Å². The number of hydrogen-bond acceptors (Lipinski definition) is 2. The van der Waals surface area contributed by atoms with E-state index >= 15 is 0 Å². The van der Waals surface area contributed by atoms with Gasteiger partial charge in [0.25, 0.3) is 0 Å². The molecule has 0 bridgehead atoms. The molecular formula is C2H6Cl2F4N2P2. The molecule has 1 aliphatic rings. The monoisotopic (exact) mass is 266 g/mol. The van der Waals surface area contributed by atoms with Gasteiger partial charge >= 0.3 is 76.0 Å². The summed E-state index contributed by atoms with van der Waals surface area (Å²) in [5, 5.41) is 0. The molecule has 0 aromatic heterocycles. The van der Waals surface area contributed by atoms with E-state index in [1.807, 2.05) is 0 Å². The van der Waals surface area contributed by atoms with Gasteiger partial charge in [-0.25, -0.2) is 0 Å². The summed E-state index contributed by atoms with van der Waals surface area (Å²) in [5.74, 6) is 0.